The highest BCUT2D eigenvalue weighted by molar-refractivity contribution is 5.99. The summed E-state index contributed by atoms with van der Waals surface area (Å²) >= 11 is 0. The molecule has 1 atom stereocenters. The van der Waals surface area contributed by atoms with E-state index in [-0.39, 0.29) is 11.8 Å². The van der Waals surface area contributed by atoms with Crippen LogP contribution in [0.5, 0.6) is 5.75 Å². The minimum absolute atomic E-state index is 0.0670. The number of nitriles is 1. The number of carbonyl (C=O) groups excluding carboxylic acids is 1. The zero-order chi connectivity index (χ0) is 12.6. The van der Waals surface area contributed by atoms with Crippen molar-refractivity contribution in [3.8, 4) is 11.8 Å². The topological polar surface area (TPSA) is 53.3 Å². The summed E-state index contributed by atoms with van der Waals surface area (Å²) in [7, 11) is 1.71. The predicted molar refractivity (Wildman–Crippen MR) is 63.8 cm³/mol. The number of ether oxygens (including phenoxy) is 1. The van der Waals surface area contributed by atoms with Crippen molar-refractivity contribution in [2.45, 2.75) is 20.0 Å². The Labute approximate surface area is 100 Å². The van der Waals surface area contributed by atoms with Crippen LogP contribution in [0.4, 0.5) is 5.69 Å². The average Bonchev–Trinajstić information content (AvgIpc) is 2.33. The number of fused-ring (bicyclic) bond motifs is 1. The van der Waals surface area contributed by atoms with Crippen molar-refractivity contribution in [2.75, 3.05) is 11.9 Å². The van der Waals surface area contributed by atoms with Crippen LogP contribution in [0.1, 0.15) is 19.4 Å². The predicted octanol–water partition coefficient (Wildman–Crippen LogP) is 1.94. The number of hydrogen-bond donors (Lipinski definition) is 0. The summed E-state index contributed by atoms with van der Waals surface area (Å²) in [6.07, 6.45) is -0.444. The van der Waals surface area contributed by atoms with Crippen LogP contribution in [0.25, 0.3) is 0 Å². The number of rotatable bonds is 1. The lowest BCUT2D eigenvalue weighted by atomic mass is 10.0. The number of anilines is 1. The van der Waals surface area contributed by atoms with E-state index in [4.69, 9.17) is 10.00 Å². The summed E-state index contributed by atoms with van der Waals surface area (Å²) in [6.45, 7) is 3.90. The van der Waals surface area contributed by atoms with Gasteiger partial charge in [0.15, 0.2) is 6.10 Å². The molecule has 4 nitrogen and oxygen atoms in total. The summed E-state index contributed by atoms with van der Waals surface area (Å²) in [4.78, 5) is 13.6. The molecule has 4 heteroatoms. The number of benzene rings is 1. The van der Waals surface area contributed by atoms with Gasteiger partial charge in [0.05, 0.1) is 17.3 Å². The lowest BCUT2D eigenvalue weighted by Gasteiger charge is -2.33. The Bertz CT molecular complexity index is 503. The quantitative estimate of drug-likeness (QED) is 0.740. The molecule has 0 aliphatic carbocycles. The molecule has 0 aromatic heterocycles. The van der Waals surface area contributed by atoms with E-state index >= 15 is 0 Å². The van der Waals surface area contributed by atoms with E-state index < -0.39 is 6.10 Å². The molecular formula is C13H14N2O2. The first kappa shape index (κ1) is 11.5. The highest BCUT2D eigenvalue weighted by atomic mass is 16.5. The summed E-state index contributed by atoms with van der Waals surface area (Å²) < 4.78 is 5.67. The molecule has 1 aliphatic rings. The van der Waals surface area contributed by atoms with Gasteiger partial charge in [-0.15, -0.1) is 0 Å². The van der Waals surface area contributed by atoms with Crippen molar-refractivity contribution in [1.29, 1.82) is 5.26 Å². The third-order valence-corrected chi connectivity index (χ3v) is 2.88. The van der Waals surface area contributed by atoms with E-state index in [0.29, 0.717) is 17.0 Å². The number of amides is 1. The first-order valence-electron chi connectivity index (χ1n) is 5.53. The Hall–Kier alpha value is -2.02. The highest BCUT2D eigenvalue weighted by Crippen LogP contribution is 2.35. The fraction of sp³-hybridized carbons (Fsp3) is 0.385. The van der Waals surface area contributed by atoms with E-state index in [1.807, 2.05) is 13.8 Å². The largest absolute Gasteiger partial charge is 0.478 e. The van der Waals surface area contributed by atoms with E-state index in [9.17, 15) is 4.79 Å². The zero-order valence-electron chi connectivity index (χ0n) is 10.1. The molecule has 1 aromatic carbocycles. The number of hydrogen-bond acceptors (Lipinski definition) is 3. The minimum atomic E-state index is -0.444. The SMILES string of the molecule is CC(C)C1Oc2ccc(C#N)cc2N(C)C1=O. The van der Waals surface area contributed by atoms with Gasteiger partial charge in [0, 0.05) is 7.05 Å². The summed E-state index contributed by atoms with van der Waals surface area (Å²) in [5.41, 5.74) is 1.18. The Morgan fingerprint density at radius 2 is 2.18 bits per heavy atom. The van der Waals surface area contributed by atoms with Crippen molar-refractivity contribution in [3.05, 3.63) is 23.8 Å². The van der Waals surface area contributed by atoms with Gasteiger partial charge in [0.1, 0.15) is 5.75 Å². The molecular weight excluding hydrogens is 216 g/mol. The molecule has 0 saturated heterocycles. The summed E-state index contributed by atoms with van der Waals surface area (Å²) in [5.74, 6) is 0.709. The van der Waals surface area contributed by atoms with Crippen LogP contribution < -0.4 is 9.64 Å². The zero-order valence-corrected chi connectivity index (χ0v) is 10.1. The monoisotopic (exact) mass is 230 g/mol. The maximum Gasteiger partial charge on any atom is 0.268 e. The third-order valence-electron chi connectivity index (χ3n) is 2.88. The van der Waals surface area contributed by atoms with Gasteiger partial charge in [0.25, 0.3) is 5.91 Å². The van der Waals surface area contributed by atoms with Crippen LogP contribution in [0.2, 0.25) is 0 Å². The van der Waals surface area contributed by atoms with E-state index in [1.165, 1.54) is 0 Å². The normalized spacial score (nSPS) is 18.6. The summed E-state index contributed by atoms with van der Waals surface area (Å²) in [6, 6.07) is 7.16. The molecule has 1 unspecified atom stereocenters. The number of nitrogens with zero attached hydrogens (tertiary/aromatic N) is 2. The van der Waals surface area contributed by atoms with Gasteiger partial charge >= 0.3 is 0 Å². The number of likely N-dealkylation sites (N-methyl/N-ethyl adjacent to an activating group) is 1. The molecule has 2 rings (SSSR count). The smallest absolute Gasteiger partial charge is 0.268 e. The lowest BCUT2D eigenvalue weighted by Crippen LogP contribution is -2.46. The first-order valence-corrected chi connectivity index (χ1v) is 5.53. The van der Waals surface area contributed by atoms with Gasteiger partial charge < -0.3 is 9.64 Å². The molecule has 1 heterocycles. The average molecular weight is 230 g/mol. The van der Waals surface area contributed by atoms with Crippen LogP contribution in [0, 0.1) is 17.2 Å². The van der Waals surface area contributed by atoms with Gasteiger partial charge in [-0.05, 0) is 24.1 Å². The van der Waals surface area contributed by atoms with Crippen molar-refractivity contribution < 1.29 is 9.53 Å². The standard InChI is InChI=1S/C13H14N2O2/c1-8(2)12-13(16)15(3)10-6-9(7-14)4-5-11(10)17-12/h4-6,8,12H,1-3H3. The second-order valence-corrected chi connectivity index (χ2v) is 4.47. The van der Waals surface area contributed by atoms with Crippen molar-refractivity contribution in [3.63, 3.8) is 0 Å². The maximum absolute atomic E-state index is 12.0. The Kier molecular flexibility index (Phi) is 2.76. The molecule has 0 N–H and O–H groups in total. The molecule has 0 saturated carbocycles. The molecule has 1 amide bonds. The molecule has 0 spiro atoms. The second kappa shape index (κ2) is 4.10. The number of carbonyl (C=O) groups is 1. The molecule has 0 fully saturated rings. The van der Waals surface area contributed by atoms with Crippen LogP contribution >= 0.6 is 0 Å². The first-order chi connectivity index (χ1) is 8.04. The molecule has 17 heavy (non-hydrogen) atoms. The van der Waals surface area contributed by atoms with Gasteiger partial charge in [0.2, 0.25) is 0 Å². The van der Waals surface area contributed by atoms with Crippen LogP contribution in [0.15, 0.2) is 18.2 Å². The van der Waals surface area contributed by atoms with E-state index in [1.54, 1.807) is 30.1 Å². The fourth-order valence-electron chi connectivity index (χ4n) is 1.87. The van der Waals surface area contributed by atoms with Crippen molar-refractivity contribution in [1.82, 2.24) is 0 Å². The van der Waals surface area contributed by atoms with Crippen LogP contribution in [0.3, 0.4) is 0 Å². The van der Waals surface area contributed by atoms with Crippen molar-refractivity contribution >= 4 is 11.6 Å². The van der Waals surface area contributed by atoms with Gasteiger partial charge in [-0.25, -0.2) is 0 Å². The van der Waals surface area contributed by atoms with Crippen molar-refractivity contribution in [2.24, 2.45) is 5.92 Å². The Morgan fingerprint density at radius 1 is 1.47 bits per heavy atom. The van der Waals surface area contributed by atoms with Gasteiger partial charge in [-0.2, -0.15) is 5.26 Å². The van der Waals surface area contributed by atoms with Gasteiger partial charge in [-0.1, -0.05) is 13.8 Å². The fourth-order valence-corrected chi connectivity index (χ4v) is 1.87. The molecule has 0 radical (unpaired) electrons. The van der Waals surface area contributed by atoms with Crippen LogP contribution in [-0.2, 0) is 4.79 Å². The minimum Gasteiger partial charge on any atom is -0.478 e. The molecule has 0 bridgehead atoms. The van der Waals surface area contributed by atoms with Gasteiger partial charge in [-0.3, -0.25) is 4.79 Å². The Morgan fingerprint density at radius 3 is 2.76 bits per heavy atom. The molecule has 88 valence electrons. The lowest BCUT2D eigenvalue weighted by molar-refractivity contribution is -0.127. The molecule has 1 aliphatic heterocycles. The van der Waals surface area contributed by atoms with Crippen LogP contribution in [-0.4, -0.2) is 19.1 Å². The second-order valence-electron chi connectivity index (χ2n) is 4.47. The highest BCUT2D eigenvalue weighted by Gasteiger charge is 2.34. The summed E-state index contributed by atoms with van der Waals surface area (Å²) in [5, 5.41) is 8.84. The van der Waals surface area contributed by atoms with E-state index in [0.717, 1.165) is 0 Å². The third kappa shape index (κ3) is 1.84. The maximum atomic E-state index is 12.0. The molecule has 1 aromatic rings. The van der Waals surface area contributed by atoms with E-state index in [2.05, 4.69) is 6.07 Å². The Balaban J connectivity index is 2.46.